The number of ether oxygens (including phenoxy) is 2. The average molecular weight is 512 g/mol. The zero-order valence-electron chi connectivity index (χ0n) is 20.8. The van der Waals surface area contributed by atoms with Gasteiger partial charge >= 0.3 is 0 Å². The Hall–Kier alpha value is -4.47. The van der Waals surface area contributed by atoms with Gasteiger partial charge in [0, 0.05) is 33.3 Å². The number of amides is 1. The Morgan fingerprint density at radius 1 is 1.03 bits per heavy atom. The summed E-state index contributed by atoms with van der Waals surface area (Å²) in [5.41, 5.74) is 5.13. The second-order valence-corrected chi connectivity index (χ2v) is 8.80. The number of carbonyl (C=O) groups excluding carboxylic acids is 1. The predicted octanol–water partition coefficient (Wildman–Crippen LogP) is 6.88. The van der Waals surface area contributed by atoms with Gasteiger partial charge in [0.15, 0.2) is 0 Å². The van der Waals surface area contributed by atoms with Crippen molar-refractivity contribution in [3.8, 4) is 23.3 Å². The van der Waals surface area contributed by atoms with E-state index < -0.39 is 5.91 Å². The van der Waals surface area contributed by atoms with Crippen LogP contribution in [0.4, 0.5) is 5.69 Å². The van der Waals surface area contributed by atoms with Gasteiger partial charge in [-0.25, -0.2) is 0 Å². The molecule has 0 aliphatic heterocycles. The summed E-state index contributed by atoms with van der Waals surface area (Å²) in [6, 6.07) is 26.2. The van der Waals surface area contributed by atoms with Gasteiger partial charge in [-0.1, -0.05) is 29.8 Å². The summed E-state index contributed by atoms with van der Waals surface area (Å²) in [6.07, 6.45) is 1.61. The van der Waals surface area contributed by atoms with Gasteiger partial charge in [-0.05, 0) is 86.2 Å². The molecule has 186 valence electrons. The molecule has 3 aromatic carbocycles. The predicted molar refractivity (Wildman–Crippen MR) is 146 cm³/mol. The third-order valence-corrected chi connectivity index (χ3v) is 6.30. The van der Waals surface area contributed by atoms with Crippen molar-refractivity contribution in [1.29, 1.82) is 5.26 Å². The molecule has 6 nitrogen and oxygen atoms in total. The first-order valence-electron chi connectivity index (χ1n) is 11.6. The molecule has 0 atom stereocenters. The van der Waals surface area contributed by atoms with Crippen molar-refractivity contribution in [2.75, 3.05) is 12.4 Å². The van der Waals surface area contributed by atoms with Crippen molar-refractivity contribution in [2.45, 2.75) is 20.5 Å². The zero-order chi connectivity index (χ0) is 26.4. The van der Waals surface area contributed by atoms with Crippen LogP contribution in [0.25, 0.3) is 11.8 Å². The molecule has 0 saturated carbocycles. The molecule has 0 unspecified atom stereocenters. The van der Waals surface area contributed by atoms with Crippen LogP contribution in [-0.2, 0) is 11.4 Å². The molecule has 1 aromatic heterocycles. The van der Waals surface area contributed by atoms with E-state index in [1.54, 1.807) is 37.5 Å². The molecule has 0 fully saturated rings. The highest BCUT2D eigenvalue weighted by Crippen LogP contribution is 2.26. The van der Waals surface area contributed by atoms with E-state index in [0.29, 0.717) is 23.1 Å². The third-order valence-electron chi connectivity index (χ3n) is 5.93. The molecule has 4 rings (SSSR count). The van der Waals surface area contributed by atoms with Gasteiger partial charge in [0.25, 0.3) is 5.91 Å². The van der Waals surface area contributed by atoms with Crippen LogP contribution >= 0.6 is 11.6 Å². The zero-order valence-corrected chi connectivity index (χ0v) is 21.5. The van der Waals surface area contributed by atoms with Gasteiger partial charge in [-0.15, -0.1) is 0 Å². The second-order valence-electron chi connectivity index (χ2n) is 8.39. The van der Waals surface area contributed by atoms with Crippen molar-refractivity contribution in [3.63, 3.8) is 0 Å². The number of hydrogen-bond acceptors (Lipinski definition) is 4. The lowest BCUT2D eigenvalue weighted by Gasteiger charge is -2.12. The van der Waals surface area contributed by atoms with Crippen molar-refractivity contribution in [2.24, 2.45) is 0 Å². The van der Waals surface area contributed by atoms with E-state index in [-0.39, 0.29) is 5.57 Å². The SMILES string of the molecule is COc1ccc(NC(=O)C(C#N)=Cc2cc(C)n(-c3ccc(OCc4ccccc4Cl)cc3)c2C)cc1. The summed E-state index contributed by atoms with van der Waals surface area (Å²) in [6.45, 7) is 4.32. The van der Waals surface area contributed by atoms with Gasteiger partial charge in [-0.2, -0.15) is 5.26 Å². The maximum atomic E-state index is 12.7. The van der Waals surface area contributed by atoms with Crippen molar-refractivity contribution < 1.29 is 14.3 Å². The summed E-state index contributed by atoms with van der Waals surface area (Å²) < 4.78 is 13.1. The first kappa shape index (κ1) is 25.6. The fraction of sp³-hybridized carbons (Fsp3) is 0.133. The number of carbonyl (C=O) groups is 1. The van der Waals surface area contributed by atoms with Crippen LogP contribution in [0.3, 0.4) is 0 Å². The average Bonchev–Trinajstić information content (AvgIpc) is 3.19. The monoisotopic (exact) mass is 511 g/mol. The van der Waals surface area contributed by atoms with Crippen LogP contribution in [0.2, 0.25) is 5.02 Å². The smallest absolute Gasteiger partial charge is 0.266 e. The second kappa shape index (κ2) is 11.5. The van der Waals surface area contributed by atoms with Crippen LogP contribution in [0, 0.1) is 25.2 Å². The Kier molecular flexibility index (Phi) is 7.97. The van der Waals surface area contributed by atoms with Gasteiger partial charge in [0.2, 0.25) is 0 Å². The number of nitrogens with one attached hydrogen (secondary N) is 1. The maximum Gasteiger partial charge on any atom is 0.266 e. The number of hydrogen-bond donors (Lipinski definition) is 1. The normalized spacial score (nSPS) is 11.1. The topological polar surface area (TPSA) is 76.3 Å². The quantitative estimate of drug-likeness (QED) is 0.206. The number of nitrogens with zero attached hydrogens (tertiary/aromatic N) is 2. The van der Waals surface area contributed by atoms with E-state index in [1.165, 1.54) is 0 Å². The molecule has 1 heterocycles. The molecular formula is C30H26ClN3O3. The molecule has 0 saturated heterocycles. The largest absolute Gasteiger partial charge is 0.497 e. The third kappa shape index (κ3) is 6.03. The molecule has 0 spiro atoms. The highest BCUT2D eigenvalue weighted by atomic mass is 35.5. The van der Waals surface area contributed by atoms with Gasteiger partial charge < -0.3 is 19.4 Å². The van der Waals surface area contributed by atoms with Gasteiger partial charge in [0.05, 0.1) is 7.11 Å². The van der Waals surface area contributed by atoms with Gasteiger partial charge in [-0.3, -0.25) is 4.79 Å². The number of rotatable bonds is 8. The van der Waals surface area contributed by atoms with Crippen LogP contribution in [0.1, 0.15) is 22.5 Å². The van der Waals surface area contributed by atoms with Crippen LogP contribution in [-0.4, -0.2) is 17.6 Å². The molecule has 7 heteroatoms. The Labute approximate surface area is 221 Å². The van der Waals surface area contributed by atoms with Crippen molar-refractivity contribution in [1.82, 2.24) is 4.57 Å². The number of methoxy groups -OCH3 is 1. The molecule has 4 aromatic rings. The number of aromatic nitrogens is 1. The summed E-state index contributed by atoms with van der Waals surface area (Å²) in [5, 5.41) is 13.1. The van der Waals surface area contributed by atoms with Crippen LogP contribution in [0.15, 0.2) is 84.4 Å². The van der Waals surface area contributed by atoms with Crippen LogP contribution in [0.5, 0.6) is 11.5 Å². The number of anilines is 1. The Morgan fingerprint density at radius 3 is 2.35 bits per heavy atom. The van der Waals surface area contributed by atoms with Crippen molar-refractivity contribution in [3.05, 3.63) is 112 Å². The molecule has 0 aliphatic rings. The Balaban J connectivity index is 1.50. The molecule has 37 heavy (non-hydrogen) atoms. The minimum absolute atomic E-state index is 0.0133. The number of benzene rings is 3. The highest BCUT2D eigenvalue weighted by molar-refractivity contribution is 6.31. The Morgan fingerprint density at radius 2 is 1.70 bits per heavy atom. The fourth-order valence-electron chi connectivity index (χ4n) is 3.98. The minimum Gasteiger partial charge on any atom is -0.497 e. The molecule has 0 radical (unpaired) electrons. The van der Waals surface area contributed by atoms with E-state index in [9.17, 15) is 10.1 Å². The first-order valence-corrected chi connectivity index (χ1v) is 12.0. The van der Waals surface area contributed by atoms with E-state index >= 15 is 0 Å². The van der Waals surface area contributed by atoms with Crippen LogP contribution < -0.4 is 14.8 Å². The molecule has 1 N–H and O–H groups in total. The maximum absolute atomic E-state index is 12.7. The van der Waals surface area contributed by atoms with Gasteiger partial charge in [0.1, 0.15) is 29.7 Å². The minimum atomic E-state index is -0.475. The summed E-state index contributed by atoms with van der Waals surface area (Å²) in [5.74, 6) is 0.937. The van der Waals surface area contributed by atoms with Crippen molar-refractivity contribution >= 4 is 29.3 Å². The molecule has 0 aliphatic carbocycles. The lowest BCUT2D eigenvalue weighted by atomic mass is 10.1. The number of halogens is 1. The number of aryl methyl sites for hydroxylation is 1. The molecule has 1 amide bonds. The Bertz CT molecular complexity index is 1480. The molecule has 0 bridgehead atoms. The first-order chi connectivity index (χ1) is 17.9. The van der Waals surface area contributed by atoms with E-state index in [2.05, 4.69) is 9.88 Å². The fourth-order valence-corrected chi connectivity index (χ4v) is 4.17. The summed E-state index contributed by atoms with van der Waals surface area (Å²) in [4.78, 5) is 12.7. The lowest BCUT2D eigenvalue weighted by molar-refractivity contribution is -0.112. The highest BCUT2D eigenvalue weighted by Gasteiger charge is 2.14. The lowest BCUT2D eigenvalue weighted by Crippen LogP contribution is -2.13. The van der Waals surface area contributed by atoms with E-state index in [1.807, 2.05) is 74.5 Å². The summed E-state index contributed by atoms with van der Waals surface area (Å²) >= 11 is 6.21. The molecular weight excluding hydrogens is 486 g/mol. The van der Waals surface area contributed by atoms with E-state index in [4.69, 9.17) is 21.1 Å². The summed E-state index contributed by atoms with van der Waals surface area (Å²) in [7, 11) is 1.57. The van der Waals surface area contributed by atoms with E-state index in [0.717, 1.165) is 34.0 Å². The number of nitriles is 1. The standard InChI is InChI=1S/C30H26ClN3O3/c1-20-16-23(17-24(18-32)30(35)33-25-8-12-27(36-3)13-9-25)21(2)34(20)26-10-14-28(15-11-26)37-19-22-6-4-5-7-29(22)31/h4-17H,19H2,1-3H3,(H,33,35).